The van der Waals surface area contributed by atoms with E-state index in [-0.39, 0.29) is 6.04 Å². The fourth-order valence-corrected chi connectivity index (χ4v) is 6.06. The third kappa shape index (κ3) is 2.97. The number of para-hydroxylation sites is 1. The van der Waals surface area contributed by atoms with Gasteiger partial charge in [-0.15, -0.1) is 0 Å². The largest absolute Gasteiger partial charge is 0.264 e. The Bertz CT molecular complexity index is 852. The van der Waals surface area contributed by atoms with Gasteiger partial charge in [0.15, 0.2) is 0 Å². The van der Waals surface area contributed by atoms with Gasteiger partial charge in [-0.2, -0.15) is 0 Å². The van der Waals surface area contributed by atoms with Crippen LogP contribution in [-0.4, -0.2) is 14.5 Å². The van der Waals surface area contributed by atoms with Gasteiger partial charge in [0.05, 0.1) is 10.6 Å². The summed E-state index contributed by atoms with van der Waals surface area (Å²) in [6.07, 6.45) is 7.12. The first kappa shape index (κ1) is 16.6. The van der Waals surface area contributed by atoms with E-state index in [1.165, 1.54) is 37.7 Å². The third-order valence-corrected chi connectivity index (χ3v) is 7.60. The van der Waals surface area contributed by atoms with Gasteiger partial charge >= 0.3 is 0 Å². The zero-order chi connectivity index (χ0) is 17.4. The highest BCUT2D eigenvalue weighted by molar-refractivity contribution is 7.92. The molecule has 4 rings (SSSR count). The second-order valence-corrected chi connectivity index (χ2v) is 9.20. The number of hydrogen-bond donors (Lipinski definition) is 0. The number of sulfonamides is 1. The van der Waals surface area contributed by atoms with E-state index in [0.29, 0.717) is 10.8 Å². The lowest BCUT2D eigenvalue weighted by atomic mass is 9.84. The molecule has 0 bridgehead atoms. The second kappa shape index (κ2) is 6.49. The van der Waals surface area contributed by atoms with Crippen LogP contribution in [0.5, 0.6) is 0 Å². The first-order valence-electron chi connectivity index (χ1n) is 9.29. The van der Waals surface area contributed by atoms with Crippen LogP contribution in [0.25, 0.3) is 0 Å². The van der Waals surface area contributed by atoms with Gasteiger partial charge in [-0.3, -0.25) is 4.31 Å². The van der Waals surface area contributed by atoms with Crippen molar-refractivity contribution >= 4 is 15.7 Å². The van der Waals surface area contributed by atoms with Crippen LogP contribution < -0.4 is 4.31 Å². The molecular weight excluding hydrogens is 330 g/mol. The molecular formula is C21H25NO2S. The number of anilines is 1. The van der Waals surface area contributed by atoms with E-state index in [0.717, 1.165) is 17.7 Å². The lowest BCUT2D eigenvalue weighted by Crippen LogP contribution is -2.35. The first-order valence-corrected chi connectivity index (χ1v) is 10.7. The Morgan fingerprint density at radius 2 is 1.60 bits per heavy atom. The van der Waals surface area contributed by atoms with Gasteiger partial charge in [-0.25, -0.2) is 8.42 Å². The smallest absolute Gasteiger partial charge is 0.263 e. The zero-order valence-corrected chi connectivity index (χ0v) is 15.5. The van der Waals surface area contributed by atoms with Crippen molar-refractivity contribution in [2.45, 2.75) is 62.3 Å². The van der Waals surface area contributed by atoms with Gasteiger partial charge in [-0.1, -0.05) is 49.6 Å². The summed E-state index contributed by atoms with van der Waals surface area (Å²) in [5, 5.41) is 0. The highest BCUT2D eigenvalue weighted by Gasteiger charge is 2.35. The van der Waals surface area contributed by atoms with Gasteiger partial charge in [0.2, 0.25) is 0 Å². The van der Waals surface area contributed by atoms with E-state index in [2.05, 4.69) is 0 Å². The predicted molar refractivity (Wildman–Crippen MR) is 102 cm³/mol. The van der Waals surface area contributed by atoms with Crippen molar-refractivity contribution in [2.75, 3.05) is 4.31 Å². The molecule has 1 fully saturated rings. The molecule has 25 heavy (non-hydrogen) atoms. The van der Waals surface area contributed by atoms with E-state index >= 15 is 0 Å². The van der Waals surface area contributed by atoms with Gasteiger partial charge in [0.25, 0.3) is 10.0 Å². The topological polar surface area (TPSA) is 37.4 Å². The minimum atomic E-state index is -3.52. The molecule has 2 aromatic rings. The van der Waals surface area contributed by atoms with Crippen molar-refractivity contribution in [1.29, 1.82) is 0 Å². The summed E-state index contributed by atoms with van der Waals surface area (Å²) in [5.74, 6) is 0.594. The highest BCUT2D eigenvalue weighted by atomic mass is 32.2. The van der Waals surface area contributed by atoms with Crippen LogP contribution in [0.3, 0.4) is 0 Å². The standard InChI is InChI=1S/C21H25NO2S/c1-16-15-19-9-5-6-10-21(19)22(16)25(23,24)20-13-11-18(12-14-20)17-7-3-2-4-8-17/h5-6,9-14,16-17H,2-4,7-8,15H2,1H3. The summed E-state index contributed by atoms with van der Waals surface area (Å²) >= 11 is 0. The fourth-order valence-electron chi connectivity index (χ4n) is 4.36. The molecule has 2 aliphatic rings. The van der Waals surface area contributed by atoms with Crippen LogP contribution in [0.2, 0.25) is 0 Å². The maximum atomic E-state index is 13.2. The molecule has 0 radical (unpaired) electrons. The Labute approximate surface area is 150 Å². The Kier molecular flexibility index (Phi) is 4.32. The molecule has 1 saturated carbocycles. The molecule has 3 nitrogen and oxygen atoms in total. The molecule has 0 spiro atoms. The predicted octanol–water partition coefficient (Wildman–Crippen LogP) is 4.87. The van der Waals surface area contributed by atoms with Crippen LogP contribution in [0, 0.1) is 0 Å². The molecule has 1 aliphatic carbocycles. The van der Waals surface area contributed by atoms with Crippen molar-refractivity contribution in [3.05, 3.63) is 59.7 Å². The van der Waals surface area contributed by atoms with E-state index in [1.807, 2.05) is 43.3 Å². The van der Waals surface area contributed by atoms with Crippen molar-refractivity contribution in [2.24, 2.45) is 0 Å². The van der Waals surface area contributed by atoms with Crippen LogP contribution >= 0.6 is 0 Å². The highest BCUT2D eigenvalue weighted by Crippen LogP contribution is 2.37. The minimum absolute atomic E-state index is 0.0413. The van der Waals surface area contributed by atoms with Crippen molar-refractivity contribution in [1.82, 2.24) is 0 Å². The average molecular weight is 356 g/mol. The Balaban J connectivity index is 1.64. The number of fused-ring (bicyclic) bond motifs is 1. The number of nitrogens with zero attached hydrogens (tertiary/aromatic N) is 1. The average Bonchev–Trinajstić information content (AvgIpc) is 2.99. The molecule has 132 valence electrons. The minimum Gasteiger partial charge on any atom is -0.263 e. The maximum Gasteiger partial charge on any atom is 0.264 e. The zero-order valence-electron chi connectivity index (χ0n) is 14.7. The second-order valence-electron chi connectivity index (χ2n) is 7.39. The summed E-state index contributed by atoms with van der Waals surface area (Å²) < 4.78 is 28.0. The number of rotatable bonds is 3. The van der Waals surface area contributed by atoms with Crippen molar-refractivity contribution in [3.63, 3.8) is 0 Å². The molecule has 0 aromatic heterocycles. The molecule has 1 heterocycles. The maximum absolute atomic E-state index is 13.2. The normalized spacial score (nSPS) is 21.3. The first-order chi connectivity index (χ1) is 12.1. The Morgan fingerprint density at radius 1 is 0.920 bits per heavy atom. The molecule has 0 saturated heterocycles. The molecule has 4 heteroatoms. The molecule has 1 unspecified atom stereocenters. The fraction of sp³-hybridized carbons (Fsp3) is 0.429. The lowest BCUT2D eigenvalue weighted by molar-refractivity contribution is 0.443. The summed E-state index contributed by atoms with van der Waals surface area (Å²) in [6.45, 7) is 1.98. The summed E-state index contributed by atoms with van der Waals surface area (Å²) in [7, 11) is -3.52. The molecule has 1 atom stereocenters. The van der Waals surface area contributed by atoms with Crippen LogP contribution in [-0.2, 0) is 16.4 Å². The SMILES string of the molecule is CC1Cc2ccccc2N1S(=O)(=O)c1ccc(C2CCCCC2)cc1. The monoisotopic (exact) mass is 355 g/mol. The molecule has 0 amide bonds. The van der Waals surface area contributed by atoms with E-state index in [4.69, 9.17) is 0 Å². The van der Waals surface area contributed by atoms with Gasteiger partial charge in [-0.05, 0) is 61.4 Å². The number of hydrogen-bond acceptors (Lipinski definition) is 2. The van der Waals surface area contributed by atoms with E-state index < -0.39 is 10.0 Å². The van der Waals surface area contributed by atoms with Crippen LogP contribution in [0.4, 0.5) is 5.69 Å². The quantitative estimate of drug-likeness (QED) is 0.787. The van der Waals surface area contributed by atoms with Gasteiger partial charge in [0.1, 0.15) is 0 Å². The van der Waals surface area contributed by atoms with Crippen molar-refractivity contribution < 1.29 is 8.42 Å². The Hall–Kier alpha value is -1.81. The molecule has 2 aromatic carbocycles. The van der Waals surface area contributed by atoms with Gasteiger partial charge < -0.3 is 0 Å². The Morgan fingerprint density at radius 3 is 2.32 bits per heavy atom. The summed E-state index contributed by atoms with van der Waals surface area (Å²) in [6, 6.07) is 15.4. The number of benzene rings is 2. The molecule has 0 N–H and O–H groups in total. The summed E-state index contributed by atoms with van der Waals surface area (Å²) in [4.78, 5) is 0.399. The van der Waals surface area contributed by atoms with Gasteiger partial charge in [0, 0.05) is 6.04 Å². The van der Waals surface area contributed by atoms with Crippen LogP contribution in [0.15, 0.2) is 53.4 Å². The third-order valence-electron chi connectivity index (χ3n) is 5.66. The van der Waals surface area contributed by atoms with E-state index in [1.54, 1.807) is 16.4 Å². The molecule has 1 aliphatic heterocycles. The van der Waals surface area contributed by atoms with Crippen molar-refractivity contribution in [3.8, 4) is 0 Å². The summed E-state index contributed by atoms with van der Waals surface area (Å²) in [5.41, 5.74) is 3.22. The van der Waals surface area contributed by atoms with Crippen LogP contribution in [0.1, 0.15) is 56.1 Å². The van der Waals surface area contributed by atoms with E-state index in [9.17, 15) is 8.42 Å². The lowest BCUT2D eigenvalue weighted by Gasteiger charge is -2.25.